The third-order valence-electron chi connectivity index (χ3n) is 5.45. The van der Waals surface area contributed by atoms with E-state index in [0.717, 1.165) is 33.3 Å². The fraction of sp³-hybridized carbons (Fsp3) is 0.154. The highest BCUT2D eigenvalue weighted by molar-refractivity contribution is 7.98. The summed E-state index contributed by atoms with van der Waals surface area (Å²) in [7, 11) is 1.66. The fourth-order valence-corrected chi connectivity index (χ4v) is 4.46. The zero-order valence-electron chi connectivity index (χ0n) is 19.1. The Morgan fingerprint density at radius 3 is 2.38 bits per heavy atom. The highest BCUT2D eigenvalue weighted by atomic mass is 32.2. The van der Waals surface area contributed by atoms with Crippen LogP contribution in [0.15, 0.2) is 82.5 Å². The Balaban J connectivity index is 1.48. The summed E-state index contributed by atoms with van der Waals surface area (Å²) in [6, 6.07) is 24.0. The molecule has 0 aliphatic carbocycles. The Bertz CT molecular complexity index is 1430. The van der Waals surface area contributed by atoms with E-state index < -0.39 is 0 Å². The number of hydrogen-bond donors (Lipinski definition) is 0. The first-order chi connectivity index (χ1) is 16.6. The normalized spacial score (nSPS) is 11.0. The minimum absolute atomic E-state index is 0.467. The molecule has 170 valence electrons. The molecule has 0 bridgehead atoms. The summed E-state index contributed by atoms with van der Waals surface area (Å²) in [5.74, 6) is 3.02. The second kappa shape index (κ2) is 9.52. The molecule has 0 saturated carbocycles. The number of thioether (sulfide) groups is 1. The van der Waals surface area contributed by atoms with Crippen LogP contribution in [0.4, 0.5) is 0 Å². The highest BCUT2D eigenvalue weighted by Gasteiger charge is 2.20. The maximum atomic E-state index is 5.58. The van der Waals surface area contributed by atoms with Gasteiger partial charge in [0.1, 0.15) is 5.75 Å². The minimum Gasteiger partial charge on any atom is -0.496 e. The molecule has 8 heteroatoms. The maximum absolute atomic E-state index is 5.58. The van der Waals surface area contributed by atoms with Crippen molar-refractivity contribution in [3.05, 3.63) is 89.8 Å². The third-order valence-corrected chi connectivity index (χ3v) is 6.37. The molecule has 3 aromatic carbocycles. The van der Waals surface area contributed by atoms with E-state index >= 15 is 0 Å². The monoisotopic (exact) mass is 469 g/mol. The lowest BCUT2D eigenvalue weighted by atomic mass is 10.1. The molecule has 7 nitrogen and oxygen atoms in total. The lowest BCUT2D eigenvalue weighted by Gasteiger charge is -2.12. The van der Waals surface area contributed by atoms with Crippen molar-refractivity contribution in [2.45, 2.75) is 24.8 Å². The first-order valence-corrected chi connectivity index (χ1v) is 11.8. The molecule has 2 heterocycles. The van der Waals surface area contributed by atoms with E-state index in [1.807, 2.05) is 60.0 Å². The summed E-state index contributed by atoms with van der Waals surface area (Å²) in [4.78, 5) is 4.59. The van der Waals surface area contributed by atoms with Gasteiger partial charge in [-0.2, -0.15) is 4.98 Å². The zero-order valence-corrected chi connectivity index (χ0v) is 19.9. The van der Waals surface area contributed by atoms with E-state index in [1.165, 1.54) is 17.3 Å². The van der Waals surface area contributed by atoms with Crippen LogP contribution in [-0.2, 0) is 5.75 Å². The molecule has 0 unspecified atom stereocenters. The van der Waals surface area contributed by atoms with E-state index in [4.69, 9.17) is 9.26 Å². The van der Waals surface area contributed by atoms with E-state index in [1.54, 1.807) is 7.11 Å². The fourth-order valence-electron chi connectivity index (χ4n) is 3.67. The molecule has 0 amide bonds. The summed E-state index contributed by atoms with van der Waals surface area (Å²) in [5, 5.41) is 13.9. The molecule has 2 aromatic heterocycles. The molecule has 34 heavy (non-hydrogen) atoms. The third kappa shape index (κ3) is 4.32. The van der Waals surface area contributed by atoms with E-state index in [-0.39, 0.29) is 0 Å². The smallest absolute Gasteiger partial charge is 0.237 e. The second-order valence-electron chi connectivity index (χ2n) is 7.79. The molecule has 0 aliphatic heterocycles. The van der Waals surface area contributed by atoms with Crippen LogP contribution in [0.25, 0.3) is 28.5 Å². The van der Waals surface area contributed by atoms with Gasteiger partial charge < -0.3 is 9.26 Å². The van der Waals surface area contributed by atoms with Gasteiger partial charge in [0, 0.05) is 11.3 Å². The molecule has 0 N–H and O–H groups in total. The van der Waals surface area contributed by atoms with Crippen LogP contribution in [0.3, 0.4) is 0 Å². The van der Waals surface area contributed by atoms with Crippen LogP contribution < -0.4 is 4.74 Å². The van der Waals surface area contributed by atoms with Crippen molar-refractivity contribution in [1.29, 1.82) is 0 Å². The second-order valence-corrected chi connectivity index (χ2v) is 8.74. The van der Waals surface area contributed by atoms with Crippen molar-refractivity contribution < 1.29 is 9.26 Å². The SMILES string of the molecule is COc1ccccc1-c1nnc(SCc2nc(-c3ccccc3C)no2)n1-c1ccc(C)cc1. The number of hydrogen-bond acceptors (Lipinski definition) is 7. The number of ether oxygens (including phenoxy) is 1. The first kappa shape index (κ1) is 21.9. The zero-order chi connectivity index (χ0) is 23.5. The van der Waals surface area contributed by atoms with Gasteiger partial charge in [-0.1, -0.05) is 71.0 Å². The molecular formula is C26H23N5O2S. The molecule has 0 fully saturated rings. The minimum atomic E-state index is 0.467. The van der Waals surface area contributed by atoms with Gasteiger partial charge in [-0.3, -0.25) is 4.57 Å². The van der Waals surface area contributed by atoms with Crippen molar-refractivity contribution >= 4 is 11.8 Å². The summed E-state index contributed by atoms with van der Waals surface area (Å²) in [6.07, 6.45) is 0. The number of benzene rings is 3. The van der Waals surface area contributed by atoms with Gasteiger partial charge in [0.2, 0.25) is 11.7 Å². The van der Waals surface area contributed by atoms with Crippen LogP contribution in [0.5, 0.6) is 5.75 Å². The van der Waals surface area contributed by atoms with Crippen molar-refractivity contribution in [2.75, 3.05) is 7.11 Å². The average Bonchev–Trinajstić information content (AvgIpc) is 3.51. The highest BCUT2D eigenvalue weighted by Crippen LogP contribution is 2.34. The van der Waals surface area contributed by atoms with Crippen LogP contribution in [0, 0.1) is 13.8 Å². The quantitative estimate of drug-likeness (QED) is 0.275. The van der Waals surface area contributed by atoms with Crippen LogP contribution >= 0.6 is 11.8 Å². The first-order valence-electron chi connectivity index (χ1n) is 10.8. The van der Waals surface area contributed by atoms with Crippen molar-refractivity contribution in [3.8, 4) is 34.2 Å². The molecule has 5 rings (SSSR count). The lowest BCUT2D eigenvalue weighted by molar-refractivity contribution is 0.391. The van der Waals surface area contributed by atoms with E-state index in [9.17, 15) is 0 Å². The van der Waals surface area contributed by atoms with E-state index in [2.05, 4.69) is 51.5 Å². The Hall–Kier alpha value is -3.91. The molecule has 0 radical (unpaired) electrons. The summed E-state index contributed by atoms with van der Waals surface area (Å²) < 4.78 is 13.1. The van der Waals surface area contributed by atoms with E-state index in [0.29, 0.717) is 23.3 Å². The van der Waals surface area contributed by atoms with Crippen LogP contribution in [0.2, 0.25) is 0 Å². The van der Waals surface area contributed by atoms with Crippen molar-refractivity contribution in [2.24, 2.45) is 0 Å². The molecule has 0 atom stereocenters. The van der Waals surface area contributed by atoms with Gasteiger partial charge in [0.05, 0.1) is 18.4 Å². The van der Waals surface area contributed by atoms with Gasteiger partial charge in [-0.05, 0) is 43.7 Å². The number of aryl methyl sites for hydroxylation is 2. The predicted molar refractivity (Wildman–Crippen MR) is 132 cm³/mol. The maximum Gasteiger partial charge on any atom is 0.237 e. The van der Waals surface area contributed by atoms with Gasteiger partial charge in [0.25, 0.3) is 0 Å². The average molecular weight is 470 g/mol. The summed E-state index contributed by atoms with van der Waals surface area (Å²) >= 11 is 1.49. The number of methoxy groups -OCH3 is 1. The molecule has 0 aliphatic rings. The van der Waals surface area contributed by atoms with Gasteiger partial charge in [0.15, 0.2) is 11.0 Å². The van der Waals surface area contributed by atoms with Crippen molar-refractivity contribution in [3.63, 3.8) is 0 Å². The topological polar surface area (TPSA) is 78.9 Å². The number of para-hydroxylation sites is 1. The van der Waals surface area contributed by atoms with Crippen LogP contribution in [-0.4, -0.2) is 32.0 Å². The predicted octanol–water partition coefficient (Wildman–Crippen LogP) is 5.90. The number of rotatable bonds is 7. The summed E-state index contributed by atoms with van der Waals surface area (Å²) in [5.41, 5.74) is 5.07. The molecule has 5 aromatic rings. The Kier molecular flexibility index (Phi) is 6.14. The number of nitrogens with zero attached hydrogens (tertiary/aromatic N) is 5. The lowest BCUT2D eigenvalue weighted by Crippen LogP contribution is -2.01. The van der Waals surface area contributed by atoms with Gasteiger partial charge in [-0.15, -0.1) is 10.2 Å². The summed E-state index contributed by atoms with van der Waals surface area (Å²) in [6.45, 7) is 4.10. The Labute approximate surface area is 201 Å². The molecular weight excluding hydrogens is 446 g/mol. The molecule has 0 saturated heterocycles. The largest absolute Gasteiger partial charge is 0.496 e. The standard InChI is InChI=1S/C26H23N5O2S/c1-17-12-14-19(15-13-17)31-25(21-10-6-7-11-22(21)32-3)28-29-26(31)34-16-23-27-24(30-33-23)20-9-5-4-8-18(20)2/h4-15H,16H2,1-3H3. The Morgan fingerprint density at radius 1 is 0.882 bits per heavy atom. The molecule has 0 spiro atoms. The van der Waals surface area contributed by atoms with Gasteiger partial charge >= 0.3 is 0 Å². The Morgan fingerprint density at radius 2 is 1.62 bits per heavy atom. The van der Waals surface area contributed by atoms with Crippen LogP contribution in [0.1, 0.15) is 17.0 Å². The number of aromatic nitrogens is 5. The van der Waals surface area contributed by atoms with Crippen molar-refractivity contribution in [1.82, 2.24) is 24.9 Å². The van der Waals surface area contributed by atoms with Gasteiger partial charge in [-0.25, -0.2) is 0 Å².